The Hall–Kier alpha value is -2.08. The molecule has 7 heteroatoms. The Balaban J connectivity index is 2.56. The lowest BCUT2D eigenvalue weighted by molar-refractivity contribution is 0.571. The first-order chi connectivity index (χ1) is 9.95. The summed E-state index contributed by atoms with van der Waals surface area (Å²) >= 11 is 5.86. The van der Waals surface area contributed by atoms with Gasteiger partial charge < -0.3 is 5.73 Å². The summed E-state index contributed by atoms with van der Waals surface area (Å²) in [5.74, 6) is -0.597. The van der Waals surface area contributed by atoms with E-state index in [0.29, 0.717) is 12.1 Å². The average molecular weight is 312 g/mol. The van der Waals surface area contributed by atoms with Crippen molar-refractivity contribution < 1.29 is 4.39 Å². The van der Waals surface area contributed by atoms with E-state index in [2.05, 4.69) is 0 Å². The summed E-state index contributed by atoms with van der Waals surface area (Å²) in [5, 5.41) is -0.103. The molecule has 0 spiro atoms. The number of anilines is 1. The second-order valence-electron chi connectivity index (χ2n) is 4.66. The number of nitrogens with zero attached hydrogens (tertiary/aromatic N) is 2. The van der Waals surface area contributed by atoms with Gasteiger partial charge in [0.25, 0.3) is 5.56 Å². The van der Waals surface area contributed by atoms with Gasteiger partial charge in [-0.3, -0.25) is 13.9 Å². The monoisotopic (exact) mass is 311 g/mol. The molecule has 0 saturated carbocycles. The van der Waals surface area contributed by atoms with E-state index in [1.165, 1.54) is 22.9 Å². The van der Waals surface area contributed by atoms with E-state index in [-0.39, 0.29) is 17.3 Å². The highest BCUT2D eigenvalue weighted by Gasteiger charge is 2.12. The van der Waals surface area contributed by atoms with Crippen molar-refractivity contribution in [1.29, 1.82) is 0 Å². The van der Waals surface area contributed by atoms with Gasteiger partial charge in [-0.15, -0.1) is 0 Å². The number of rotatable bonds is 4. The minimum Gasteiger partial charge on any atom is -0.393 e. The van der Waals surface area contributed by atoms with Gasteiger partial charge in [0.15, 0.2) is 0 Å². The van der Waals surface area contributed by atoms with Crippen LogP contribution in [0.3, 0.4) is 0 Å². The maximum Gasteiger partial charge on any atom is 0.331 e. The summed E-state index contributed by atoms with van der Waals surface area (Å²) < 4.78 is 15.8. The van der Waals surface area contributed by atoms with Gasteiger partial charge in [0.05, 0.1) is 11.6 Å². The molecule has 0 unspecified atom stereocenters. The Morgan fingerprint density at radius 3 is 2.71 bits per heavy atom. The van der Waals surface area contributed by atoms with Crippen LogP contribution in [-0.2, 0) is 13.1 Å². The summed E-state index contributed by atoms with van der Waals surface area (Å²) in [6, 6.07) is 4.24. The Kier molecular flexibility index (Phi) is 4.47. The van der Waals surface area contributed by atoms with Crippen molar-refractivity contribution in [2.75, 3.05) is 5.73 Å². The Labute approximate surface area is 125 Å². The van der Waals surface area contributed by atoms with Gasteiger partial charge in [-0.1, -0.05) is 30.7 Å². The molecule has 2 aromatic rings. The van der Waals surface area contributed by atoms with Gasteiger partial charge in [-0.05, 0) is 18.1 Å². The topological polar surface area (TPSA) is 70.0 Å². The zero-order valence-electron chi connectivity index (χ0n) is 11.5. The van der Waals surface area contributed by atoms with Crippen LogP contribution in [0.1, 0.15) is 18.9 Å². The molecule has 0 atom stereocenters. The lowest BCUT2D eigenvalue weighted by atomic mass is 10.2. The third-order valence-corrected chi connectivity index (χ3v) is 3.51. The van der Waals surface area contributed by atoms with Crippen molar-refractivity contribution in [3.63, 3.8) is 0 Å². The number of nitrogen functional groups attached to an aromatic ring is 1. The van der Waals surface area contributed by atoms with E-state index in [4.69, 9.17) is 17.3 Å². The molecule has 0 amide bonds. The second kappa shape index (κ2) is 6.13. The van der Waals surface area contributed by atoms with Crippen molar-refractivity contribution in [1.82, 2.24) is 9.13 Å². The zero-order chi connectivity index (χ0) is 15.6. The predicted molar refractivity (Wildman–Crippen MR) is 80.2 cm³/mol. The van der Waals surface area contributed by atoms with Crippen LogP contribution in [0.2, 0.25) is 5.02 Å². The van der Waals surface area contributed by atoms with E-state index in [9.17, 15) is 14.0 Å². The van der Waals surface area contributed by atoms with Crippen molar-refractivity contribution in [2.45, 2.75) is 26.4 Å². The van der Waals surface area contributed by atoms with Gasteiger partial charge >= 0.3 is 5.69 Å². The maximum absolute atomic E-state index is 13.4. The molecule has 0 aliphatic rings. The van der Waals surface area contributed by atoms with E-state index in [1.807, 2.05) is 6.92 Å². The Morgan fingerprint density at radius 1 is 1.33 bits per heavy atom. The van der Waals surface area contributed by atoms with E-state index in [1.54, 1.807) is 6.07 Å². The molecule has 0 aliphatic carbocycles. The van der Waals surface area contributed by atoms with Gasteiger partial charge in [-0.2, -0.15) is 0 Å². The molecule has 0 aliphatic heterocycles. The number of hydrogen-bond acceptors (Lipinski definition) is 3. The first-order valence-electron chi connectivity index (χ1n) is 6.48. The molecule has 1 heterocycles. The van der Waals surface area contributed by atoms with Crippen LogP contribution in [-0.4, -0.2) is 9.13 Å². The Morgan fingerprint density at radius 2 is 2.05 bits per heavy atom. The molecule has 5 nitrogen and oxygen atoms in total. The van der Waals surface area contributed by atoms with Crippen LogP contribution in [0.15, 0.2) is 34.0 Å². The lowest BCUT2D eigenvalue weighted by Crippen LogP contribution is -2.41. The summed E-state index contributed by atoms with van der Waals surface area (Å²) in [6.07, 6.45) is 2.05. The summed E-state index contributed by atoms with van der Waals surface area (Å²) in [6.45, 7) is 2.23. The number of nitrogens with two attached hydrogens (primary N) is 1. The molecule has 2 rings (SSSR count). The van der Waals surface area contributed by atoms with Crippen molar-refractivity contribution in [3.05, 3.63) is 61.6 Å². The molecule has 1 aromatic heterocycles. The maximum atomic E-state index is 13.4. The molecule has 0 bridgehead atoms. The minimum absolute atomic E-state index is 0.0319. The van der Waals surface area contributed by atoms with Crippen LogP contribution >= 0.6 is 11.6 Å². The fraction of sp³-hybridized carbons (Fsp3) is 0.286. The highest BCUT2D eigenvalue weighted by atomic mass is 35.5. The lowest BCUT2D eigenvalue weighted by Gasteiger charge is -2.12. The predicted octanol–water partition coefficient (Wildman–Crippen LogP) is 1.84. The third kappa shape index (κ3) is 3.00. The van der Waals surface area contributed by atoms with Gasteiger partial charge in [0.2, 0.25) is 0 Å². The summed E-state index contributed by atoms with van der Waals surface area (Å²) in [7, 11) is 0. The van der Waals surface area contributed by atoms with Crippen LogP contribution in [0, 0.1) is 5.82 Å². The first-order valence-corrected chi connectivity index (χ1v) is 6.86. The van der Waals surface area contributed by atoms with Crippen molar-refractivity contribution >= 4 is 17.3 Å². The minimum atomic E-state index is -0.604. The first kappa shape index (κ1) is 15.3. The molecule has 21 heavy (non-hydrogen) atoms. The van der Waals surface area contributed by atoms with E-state index in [0.717, 1.165) is 11.0 Å². The zero-order valence-corrected chi connectivity index (χ0v) is 12.2. The molecular weight excluding hydrogens is 297 g/mol. The van der Waals surface area contributed by atoms with Crippen molar-refractivity contribution in [2.24, 2.45) is 0 Å². The quantitative estimate of drug-likeness (QED) is 0.936. The Bertz CT molecular complexity index is 783. The average Bonchev–Trinajstić information content (AvgIpc) is 2.45. The van der Waals surface area contributed by atoms with E-state index < -0.39 is 17.1 Å². The SMILES string of the molecule is CCCn1cc(N)c(=O)n(Cc2cccc(F)c2Cl)c1=O. The number of benzene rings is 1. The fourth-order valence-electron chi connectivity index (χ4n) is 2.06. The van der Waals surface area contributed by atoms with Crippen LogP contribution in [0.5, 0.6) is 0 Å². The number of hydrogen-bond donors (Lipinski definition) is 1. The molecule has 2 N–H and O–H groups in total. The molecular formula is C14H15ClFN3O2. The highest BCUT2D eigenvalue weighted by Crippen LogP contribution is 2.19. The number of halogens is 2. The summed E-state index contributed by atoms with van der Waals surface area (Å²) in [5.41, 5.74) is 4.87. The number of aromatic nitrogens is 2. The van der Waals surface area contributed by atoms with Gasteiger partial charge in [0, 0.05) is 12.7 Å². The van der Waals surface area contributed by atoms with Gasteiger partial charge in [0.1, 0.15) is 11.5 Å². The van der Waals surface area contributed by atoms with Gasteiger partial charge in [-0.25, -0.2) is 9.18 Å². The van der Waals surface area contributed by atoms with Crippen LogP contribution in [0.4, 0.5) is 10.1 Å². The third-order valence-electron chi connectivity index (χ3n) is 3.09. The molecule has 0 saturated heterocycles. The smallest absolute Gasteiger partial charge is 0.331 e. The van der Waals surface area contributed by atoms with E-state index >= 15 is 0 Å². The van der Waals surface area contributed by atoms with Crippen molar-refractivity contribution in [3.8, 4) is 0 Å². The highest BCUT2D eigenvalue weighted by molar-refractivity contribution is 6.31. The fourth-order valence-corrected chi connectivity index (χ4v) is 2.24. The van der Waals surface area contributed by atoms with Crippen LogP contribution in [0.25, 0.3) is 0 Å². The molecule has 112 valence electrons. The molecule has 0 fully saturated rings. The molecule has 0 radical (unpaired) electrons. The normalized spacial score (nSPS) is 10.8. The summed E-state index contributed by atoms with van der Waals surface area (Å²) in [4.78, 5) is 24.3. The largest absolute Gasteiger partial charge is 0.393 e. The number of aryl methyl sites for hydroxylation is 1. The second-order valence-corrected chi connectivity index (χ2v) is 5.04. The molecule has 1 aromatic carbocycles. The van der Waals surface area contributed by atoms with Crippen LogP contribution < -0.4 is 17.0 Å². The standard InChI is InChI=1S/C14H15ClFN3O2/c1-2-6-18-8-11(17)13(20)19(14(18)21)7-9-4-3-5-10(16)12(9)15/h3-5,8H,2,6-7,17H2,1H3.